The molecule has 1 unspecified atom stereocenters. The van der Waals surface area contributed by atoms with Gasteiger partial charge in [0.1, 0.15) is 18.5 Å². The number of carbonyl (C=O) groups excluding carboxylic acids is 1. The van der Waals surface area contributed by atoms with Crippen LogP contribution in [0.1, 0.15) is 13.3 Å². The quantitative estimate of drug-likeness (QED) is 0.710. The average molecular weight is 223 g/mol. The van der Waals surface area contributed by atoms with Gasteiger partial charge >= 0.3 is 0 Å². The van der Waals surface area contributed by atoms with Crippen LogP contribution in [0.5, 0.6) is 5.75 Å². The molecule has 0 aliphatic heterocycles. The van der Waals surface area contributed by atoms with Crippen LogP contribution in [0, 0.1) is 0 Å². The average Bonchev–Trinajstić information content (AvgIpc) is 2.30. The minimum Gasteiger partial charge on any atom is -0.491 e. The van der Waals surface area contributed by atoms with Crippen LogP contribution in [-0.4, -0.2) is 25.2 Å². The molecule has 0 saturated heterocycles. The van der Waals surface area contributed by atoms with Gasteiger partial charge in [-0.3, -0.25) is 4.79 Å². The predicted octanol–water partition coefficient (Wildman–Crippen LogP) is 1.35. The van der Waals surface area contributed by atoms with Crippen molar-refractivity contribution < 1.29 is 14.3 Å². The number of ether oxygens (including phenoxy) is 2. The summed E-state index contributed by atoms with van der Waals surface area (Å²) in [5, 5.41) is 0. The topological polar surface area (TPSA) is 61.6 Å². The van der Waals surface area contributed by atoms with Gasteiger partial charge in [-0.05, 0) is 18.6 Å². The fourth-order valence-corrected chi connectivity index (χ4v) is 1.27. The predicted molar refractivity (Wildman–Crippen MR) is 61.2 cm³/mol. The first-order valence-electron chi connectivity index (χ1n) is 5.32. The van der Waals surface area contributed by atoms with Crippen molar-refractivity contribution in [3.63, 3.8) is 0 Å². The second kappa shape index (κ2) is 6.85. The Bertz CT molecular complexity index is 313. The van der Waals surface area contributed by atoms with Crippen molar-refractivity contribution in [2.24, 2.45) is 5.73 Å². The summed E-state index contributed by atoms with van der Waals surface area (Å²) in [5.41, 5.74) is 5.14. The molecule has 0 spiro atoms. The number of nitrogens with two attached hydrogens (primary N) is 1. The highest BCUT2D eigenvalue weighted by Gasteiger charge is 2.12. The second-order valence-electron chi connectivity index (χ2n) is 3.33. The van der Waals surface area contributed by atoms with Crippen LogP contribution >= 0.6 is 0 Å². The van der Waals surface area contributed by atoms with E-state index < -0.39 is 12.0 Å². The van der Waals surface area contributed by atoms with Gasteiger partial charge in [-0.15, -0.1) is 0 Å². The molecule has 88 valence electrons. The molecule has 0 bridgehead atoms. The molecular weight excluding hydrogens is 206 g/mol. The summed E-state index contributed by atoms with van der Waals surface area (Å²) in [4.78, 5) is 10.9. The molecule has 0 aliphatic rings. The van der Waals surface area contributed by atoms with E-state index in [-0.39, 0.29) is 0 Å². The number of amides is 1. The van der Waals surface area contributed by atoms with E-state index in [1.807, 2.05) is 37.3 Å². The van der Waals surface area contributed by atoms with E-state index in [0.29, 0.717) is 19.6 Å². The molecule has 16 heavy (non-hydrogen) atoms. The van der Waals surface area contributed by atoms with Crippen LogP contribution in [-0.2, 0) is 9.53 Å². The standard InChI is InChI=1S/C12H17NO3/c1-2-11(12(13)14)16-9-8-15-10-6-4-3-5-7-10/h3-7,11H,2,8-9H2,1H3,(H2,13,14). The monoisotopic (exact) mass is 223 g/mol. The Morgan fingerprint density at radius 1 is 1.31 bits per heavy atom. The third-order valence-electron chi connectivity index (χ3n) is 2.10. The third-order valence-corrected chi connectivity index (χ3v) is 2.10. The van der Waals surface area contributed by atoms with Crippen molar-refractivity contribution in [2.75, 3.05) is 13.2 Å². The molecule has 1 aromatic carbocycles. The SMILES string of the molecule is CCC(OCCOc1ccccc1)C(N)=O. The zero-order valence-electron chi connectivity index (χ0n) is 9.39. The lowest BCUT2D eigenvalue weighted by Crippen LogP contribution is -2.31. The summed E-state index contributed by atoms with van der Waals surface area (Å²) in [5.74, 6) is 0.362. The van der Waals surface area contributed by atoms with Crippen LogP contribution in [0.15, 0.2) is 30.3 Å². The summed E-state index contributed by atoms with van der Waals surface area (Å²) < 4.78 is 10.7. The molecule has 0 heterocycles. The van der Waals surface area contributed by atoms with Gasteiger partial charge < -0.3 is 15.2 Å². The van der Waals surface area contributed by atoms with Gasteiger partial charge in [0, 0.05) is 0 Å². The van der Waals surface area contributed by atoms with E-state index in [2.05, 4.69) is 0 Å². The maximum absolute atomic E-state index is 10.9. The Labute approximate surface area is 95.3 Å². The molecule has 0 fully saturated rings. The Balaban J connectivity index is 2.19. The van der Waals surface area contributed by atoms with Crippen molar-refractivity contribution in [1.29, 1.82) is 0 Å². The molecule has 1 aromatic rings. The van der Waals surface area contributed by atoms with Crippen molar-refractivity contribution in [3.8, 4) is 5.75 Å². The smallest absolute Gasteiger partial charge is 0.246 e. The molecule has 0 aromatic heterocycles. The van der Waals surface area contributed by atoms with Crippen molar-refractivity contribution >= 4 is 5.91 Å². The molecule has 1 rings (SSSR count). The van der Waals surface area contributed by atoms with Gasteiger partial charge in [-0.25, -0.2) is 0 Å². The fourth-order valence-electron chi connectivity index (χ4n) is 1.27. The zero-order chi connectivity index (χ0) is 11.8. The molecule has 1 atom stereocenters. The van der Waals surface area contributed by atoms with E-state index in [9.17, 15) is 4.79 Å². The first-order valence-corrected chi connectivity index (χ1v) is 5.32. The van der Waals surface area contributed by atoms with Crippen molar-refractivity contribution in [3.05, 3.63) is 30.3 Å². The Morgan fingerprint density at radius 3 is 2.56 bits per heavy atom. The van der Waals surface area contributed by atoms with Gasteiger partial charge in [0.25, 0.3) is 0 Å². The Kier molecular flexibility index (Phi) is 5.36. The summed E-state index contributed by atoms with van der Waals surface area (Å²) in [6, 6.07) is 9.45. The molecule has 0 saturated carbocycles. The van der Waals surface area contributed by atoms with Crippen LogP contribution in [0.25, 0.3) is 0 Å². The minimum atomic E-state index is -0.514. The Morgan fingerprint density at radius 2 is 2.00 bits per heavy atom. The third kappa shape index (κ3) is 4.31. The van der Waals surface area contributed by atoms with E-state index in [1.165, 1.54) is 0 Å². The number of para-hydroxylation sites is 1. The summed E-state index contributed by atoms with van der Waals surface area (Å²) in [6.45, 7) is 2.62. The second-order valence-corrected chi connectivity index (χ2v) is 3.33. The van der Waals surface area contributed by atoms with Crippen LogP contribution in [0.4, 0.5) is 0 Å². The van der Waals surface area contributed by atoms with Gasteiger partial charge in [-0.1, -0.05) is 25.1 Å². The Hall–Kier alpha value is -1.55. The number of hydrogen-bond acceptors (Lipinski definition) is 3. The normalized spacial score (nSPS) is 12.1. The number of carbonyl (C=O) groups is 1. The van der Waals surface area contributed by atoms with Crippen LogP contribution in [0.2, 0.25) is 0 Å². The lowest BCUT2D eigenvalue weighted by atomic mass is 10.3. The van der Waals surface area contributed by atoms with Crippen molar-refractivity contribution in [1.82, 2.24) is 0 Å². The van der Waals surface area contributed by atoms with Gasteiger partial charge in [-0.2, -0.15) is 0 Å². The van der Waals surface area contributed by atoms with Crippen LogP contribution in [0.3, 0.4) is 0 Å². The maximum Gasteiger partial charge on any atom is 0.246 e. The zero-order valence-corrected chi connectivity index (χ0v) is 9.39. The summed E-state index contributed by atoms with van der Waals surface area (Å²) in [6.07, 6.45) is 0.0695. The highest BCUT2D eigenvalue weighted by molar-refractivity contribution is 5.78. The van der Waals surface area contributed by atoms with Gasteiger partial charge in [0.05, 0.1) is 6.61 Å². The summed E-state index contributed by atoms with van der Waals surface area (Å²) in [7, 11) is 0. The fraction of sp³-hybridized carbons (Fsp3) is 0.417. The lowest BCUT2D eigenvalue weighted by molar-refractivity contribution is -0.130. The maximum atomic E-state index is 10.9. The van der Waals surface area contributed by atoms with Crippen LogP contribution < -0.4 is 10.5 Å². The molecule has 4 nitrogen and oxygen atoms in total. The highest BCUT2D eigenvalue weighted by atomic mass is 16.5. The minimum absolute atomic E-state index is 0.357. The van der Waals surface area contributed by atoms with E-state index in [1.54, 1.807) is 0 Å². The lowest BCUT2D eigenvalue weighted by Gasteiger charge is -2.12. The number of primary amides is 1. The van der Waals surface area contributed by atoms with E-state index >= 15 is 0 Å². The molecule has 0 radical (unpaired) electrons. The van der Waals surface area contributed by atoms with Crippen molar-refractivity contribution in [2.45, 2.75) is 19.4 Å². The number of rotatable bonds is 7. The largest absolute Gasteiger partial charge is 0.491 e. The molecular formula is C12H17NO3. The van der Waals surface area contributed by atoms with E-state index in [0.717, 1.165) is 5.75 Å². The first-order chi connectivity index (χ1) is 7.74. The molecule has 0 aliphatic carbocycles. The number of hydrogen-bond donors (Lipinski definition) is 1. The van der Waals surface area contributed by atoms with Gasteiger partial charge in [0.2, 0.25) is 5.91 Å². The van der Waals surface area contributed by atoms with Gasteiger partial charge in [0.15, 0.2) is 0 Å². The highest BCUT2D eigenvalue weighted by Crippen LogP contribution is 2.07. The summed E-state index contributed by atoms with van der Waals surface area (Å²) >= 11 is 0. The van der Waals surface area contributed by atoms with E-state index in [4.69, 9.17) is 15.2 Å². The first kappa shape index (κ1) is 12.5. The molecule has 4 heteroatoms. The molecule has 2 N–H and O–H groups in total. The number of benzene rings is 1. The molecule has 1 amide bonds.